The van der Waals surface area contributed by atoms with Gasteiger partial charge < -0.3 is 14.7 Å². The second-order valence-corrected chi connectivity index (χ2v) is 5.77. The van der Waals surface area contributed by atoms with Gasteiger partial charge in [-0.1, -0.05) is 24.9 Å². The van der Waals surface area contributed by atoms with Gasteiger partial charge in [0.05, 0.1) is 5.60 Å². The zero-order chi connectivity index (χ0) is 14.6. The number of hydrogen-bond donors (Lipinski definition) is 1. The SMILES string of the molecule is CCCc1c(Cl)ncnc1N(C)CC1(O)CCOCC1. The Morgan fingerprint density at radius 2 is 2.10 bits per heavy atom. The normalized spacial score (nSPS) is 18.0. The van der Waals surface area contributed by atoms with Crippen LogP contribution in [-0.2, 0) is 11.2 Å². The standard InChI is InChI=1S/C14H22ClN3O2/c1-3-4-11-12(15)16-10-17-13(11)18(2)9-14(19)5-7-20-8-6-14/h10,19H,3-9H2,1-2H3. The first-order valence-corrected chi connectivity index (χ1v) is 7.44. The van der Waals surface area contributed by atoms with Gasteiger partial charge in [-0.2, -0.15) is 0 Å². The third-order valence-corrected chi connectivity index (χ3v) is 4.01. The molecule has 0 amide bonds. The van der Waals surface area contributed by atoms with E-state index in [1.165, 1.54) is 6.33 Å². The van der Waals surface area contributed by atoms with Gasteiger partial charge in [-0.3, -0.25) is 0 Å². The summed E-state index contributed by atoms with van der Waals surface area (Å²) in [6, 6.07) is 0. The molecule has 2 heterocycles. The summed E-state index contributed by atoms with van der Waals surface area (Å²) in [6.45, 7) is 3.84. The van der Waals surface area contributed by atoms with Crippen LogP contribution in [0.3, 0.4) is 0 Å². The first-order valence-electron chi connectivity index (χ1n) is 7.06. The lowest BCUT2D eigenvalue weighted by Gasteiger charge is -2.36. The molecule has 0 atom stereocenters. The molecule has 0 spiro atoms. The van der Waals surface area contributed by atoms with E-state index in [9.17, 15) is 5.11 Å². The van der Waals surface area contributed by atoms with Crippen molar-refractivity contribution in [1.29, 1.82) is 0 Å². The molecule has 1 aromatic rings. The van der Waals surface area contributed by atoms with Crippen molar-refractivity contribution in [1.82, 2.24) is 9.97 Å². The molecule has 0 aliphatic carbocycles. The van der Waals surface area contributed by atoms with E-state index in [0.717, 1.165) is 24.2 Å². The lowest BCUT2D eigenvalue weighted by atomic mass is 9.94. The predicted octanol–water partition coefficient (Wildman–Crippen LogP) is 2.06. The topological polar surface area (TPSA) is 58.5 Å². The van der Waals surface area contributed by atoms with Crippen LogP contribution in [0.2, 0.25) is 5.15 Å². The summed E-state index contributed by atoms with van der Waals surface area (Å²) in [5.41, 5.74) is 0.239. The van der Waals surface area contributed by atoms with Gasteiger partial charge in [0.2, 0.25) is 0 Å². The molecule has 0 bridgehead atoms. The summed E-state index contributed by atoms with van der Waals surface area (Å²) < 4.78 is 5.31. The molecule has 0 aromatic carbocycles. The molecule has 0 unspecified atom stereocenters. The summed E-state index contributed by atoms with van der Waals surface area (Å²) in [6.07, 6.45) is 4.59. The zero-order valence-electron chi connectivity index (χ0n) is 12.1. The fourth-order valence-electron chi connectivity index (χ4n) is 2.60. The number of likely N-dealkylation sites (N-methyl/N-ethyl adjacent to an activating group) is 1. The minimum Gasteiger partial charge on any atom is -0.388 e. The molecule has 1 fully saturated rings. The van der Waals surface area contributed by atoms with Crippen molar-refractivity contribution >= 4 is 17.4 Å². The number of aromatic nitrogens is 2. The van der Waals surface area contributed by atoms with Crippen molar-refractivity contribution < 1.29 is 9.84 Å². The summed E-state index contributed by atoms with van der Waals surface area (Å²) in [7, 11) is 1.94. The Hall–Kier alpha value is -0.910. The number of hydrogen-bond acceptors (Lipinski definition) is 5. The first kappa shape index (κ1) is 15.5. The molecule has 1 N–H and O–H groups in total. The Kier molecular flexibility index (Phi) is 5.18. The number of nitrogens with zero attached hydrogens (tertiary/aromatic N) is 3. The van der Waals surface area contributed by atoms with E-state index in [4.69, 9.17) is 16.3 Å². The predicted molar refractivity (Wildman–Crippen MR) is 79.3 cm³/mol. The molecular formula is C14H22ClN3O2. The molecule has 1 aliphatic rings. The maximum atomic E-state index is 10.6. The molecule has 1 aromatic heterocycles. The van der Waals surface area contributed by atoms with Gasteiger partial charge in [0.25, 0.3) is 0 Å². The Balaban J connectivity index is 2.16. The van der Waals surface area contributed by atoms with Crippen LogP contribution in [0.1, 0.15) is 31.7 Å². The first-order chi connectivity index (χ1) is 9.56. The Morgan fingerprint density at radius 1 is 1.40 bits per heavy atom. The van der Waals surface area contributed by atoms with Gasteiger partial charge in [0, 0.05) is 45.2 Å². The largest absolute Gasteiger partial charge is 0.388 e. The van der Waals surface area contributed by atoms with Crippen molar-refractivity contribution in [3.05, 3.63) is 17.0 Å². The average molecular weight is 300 g/mol. The highest BCUT2D eigenvalue weighted by Crippen LogP contribution is 2.27. The van der Waals surface area contributed by atoms with Crippen LogP contribution in [0.25, 0.3) is 0 Å². The third-order valence-electron chi connectivity index (χ3n) is 3.69. The van der Waals surface area contributed by atoms with Gasteiger partial charge >= 0.3 is 0 Å². The van der Waals surface area contributed by atoms with E-state index in [0.29, 0.717) is 37.8 Å². The van der Waals surface area contributed by atoms with E-state index in [2.05, 4.69) is 16.9 Å². The lowest BCUT2D eigenvalue weighted by Crippen LogP contribution is -2.46. The van der Waals surface area contributed by atoms with Crippen molar-refractivity contribution in [2.75, 3.05) is 31.7 Å². The van der Waals surface area contributed by atoms with Gasteiger partial charge in [-0.05, 0) is 6.42 Å². The van der Waals surface area contributed by atoms with E-state index in [-0.39, 0.29) is 0 Å². The summed E-state index contributed by atoms with van der Waals surface area (Å²) >= 11 is 6.17. The fourth-order valence-corrected chi connectivity index (χ4v) is 2.82. The van der Waals surface area contributed by atoms with Crippen molar-refractivity contribution in [2.24, 2.45) is 0 Å². The maximum Gasteiger partial charge on any atom is 0.137 e. The molecule has 1 aliphatic heterocycles. The van der Waals surface area contributed by atoms with Crippen LogP contribution in [0.4, 0.5) is 5.82 Å². The summed E-state index contributed by atoms with van der Waals surface area (Å²) in [5.74, 6) is 0.812. The van der Waals surface area contributed by atoms with Crippen LogP contribution < -0.4 is 4.90 Å². The van der Waals surface area contributed by atoms with Crippen LogP contribution in [0.5, 0.6) is 0 Å². The maximum absolute atomic E-state index is 10.6. The molecule has 2 rings (SSSR count). The van der Waals surface area contributed by atoms with E-state index in [1.807, 2.05) is 11.9 Å². The highest BCUT2D eigenvalue weighted by Gasteiger charge is 2.32. The van der Waals surface area contributed by atoms with Gasteiger partial charge in [0.1, 0.15) is 17.3 Å². The van der Waals surface area contributed by atoms with Crippen molar-refractivity contribution in [3.63, 3.8) is 0 Å². The third kappa shape index (κ3) is 3.59. The zero-order valence-corrected chi connectivity index (χ0v) is 12.9. The molecule has 5 nitrogen and oxygen atoms in total. The van der Waals surface area contributed by atoms with E-state index < -0.39 is 5.60 Å². The number of aliphatic hydroxyl groups is 1. The van der Waals surface area contributed by atoms with E-state index in [1.54, 1.807) is 0 Å². The number of ether oxygens (including phenoxy) is 1. The summed E-state index contributed by atoms with van der Waals surface area (Å²) in [5, 5.41) is 11.1. The highest BCUT2D eigenvalue weighted by molar-refractivity contribution is 6.30. The molecule has 0 radical (unpaired) electrons. The molecule has 6 heteroatoms. The smallest absolute Gasteiger partial charge is 0.137 e. The van der Waals surface area contributed by atoms with Crippen molar-refractivity contribution in [3.8, 4) is 0 Å². The lowest BCUT2D eigenvalue weighted by molar-refractivity contribution is -0.0573. The monoisotopic (exact) mass is 299 g/mol. The quantitative estimate of drug-likeness (QED) is 0.843. The van der Waals surface area contributed by atoms with E-state index >= 15 is 0 Å². The second kappa shape index (κ2) is 6.70. The van der Waals surface area contributed by atoms with Crippen LogP contribution in [-0.4, -0.2) is 47.5 Å². The van der Waals surface area contributed by atoms with Gasteiger partial charge in [-0.15, -0.1) is 0 Å². The van der Waals surface area contributed by atoms with Gasteiger partial charge in [0.15, 0.2) is 0 Å². The number of rotatable bonds is 5. The average Bonchev–Trinajstić information content (AvgIpc) is 2.41. The number of anilines is 1. The van der Waals surface area contributed by atoms with Crippen molar-refractivity contribution in [2.45, 2.75) is 38.2 Å². The molecular weight excluding hydrogens is 278 g/mol. The molecule has 0 saturated carbocycles. The number of halogens is 1. The fraction of sp³-hybridized carbons (Fsp3) is 0.714. The Bertz CT molecular complexity index is 450. The molecule has 20 heavy (non-hydrogen) atoms. The molecule has 112 valence electrons. The van der Waals surface area contributed by atoms with Crippen LogP contribution >= 0.6 is 11.6 Å². The Labute approximate surface area is 124 Å². The second-order valence-electron chi connectivity index (χ2n) is 5.41. The Morgan fingerprint density at radius 3 is 2.75 bits per heavy atom. The minimum absolute atomic E-state index is 0.502. The van der Waals surface area contributed by atoms with Gasteiger partial charge in [-0.25, -0.2) is 9.97 Å². The van der Waals surface area contributed by atoms with Crippen LogP contribution in [0.15, 0.2) is 6.33 Å². The summed E-state index contributed by atoms with van der Waals surface area (Å²) in [4.78, 5) is 10.4. The minimum atomic E-state index is -0.714. The van der Waals surface area contributed by atoms with Crippen LogP contribution in [0, 0.1) is 0 Å². The molecule has 1 saturated heterocycles. The highest BCUT2D eigenvalue weighted by atomic mass is 35.5.